The highest BCUT2D eigenvalue weighted by Crippen LogP contribution is 2.60. The van der Waals surface area contributed by atoms with Gasteiger partial charge in [0.05, 0.1) is 7.11 Å². The summed E-state index contributed by atoms with van der Waals surface area (Å²) in [7, 11) is 3.90. The SMILES string of the molecule is COc1ccc2c(c1)N(C)C1CC(OC(C)=O)C3C=CCN4CC[C@]21C34. The molecule has 5 nitrogen and oxygen atoms in total. The largest absolute Gasteiger partial charge is 0.497 e. The van der Waals surface area contributed by atoms with Gasteiger partial charge in [0.1, 0.15) is 11.9 Å². The topological polar surface area (TPSA) is 42.0 Å². The first-order valence-electron chi connectivity index (χ1n) is 9.55. The van der Waals surface area contributed by atoms with Crippen molar-refractivity contribution in [2.75, 3.05) is 32.1 Å². The van der Waals surface area contributed by atoms with Gasteiger partial charge < -0.3 is 14.4 Å². The molecule has 5 heteroatoms. The number of likely N-dealkylation sites (N-methyl/N-ethyl adjacent to an activating group) is 1. The molecule has 3 heterocycles. The van der Waals surface area contributed by atoms with Crippen LogP contribution in [-0.4, -0.2) is 56.3 Å². The molecule has 0 N–H and O–H groups in total. The highest BCUT2D eigenvalue weighted by molar-refractivity contribution is 5.69. The Balaban J connectivity index is 1.66. The molecule has 1 spiro atoms. The van der Waals surface area contributed by atoms with E-state index in [9.17, 15) is 4.79 Å². The molecule has 1 aliphatic carbocycles. The second kappa shape index (κ2) is 5.49. The number of fused-ring (bicyclic) bond motifs is 1. The molecule has 0 radical (unpaired) electrons. The van der Waals surface area contributed by atoms with E-state index in [0.717, 1.165) is 31.7 Å². The molecule has 0 bridgehead atoms. The third-order valence-corrected chi connectivity index (χ3v) is 7.15. The fourth-order valence-corrected chi connectivity index (χ4v) is 6.28. The zero-order chi connectivity index (χ0) is 18.1. The van der Waals surface area contributed by atoms with Crippen LogP contribution in [0.2, 0.25) is 0 Å². The molecule has 138 valence electrons. The number of benzene rings is 1. The van der Waals surface area contributed by atoms with Crippen molar-refractivity contribution >= 4 is 11.7 Å². The summed E-state index contributed by atoms with van der Waals surface area (Å²) in [5, 5.41) is 0. The van der Waals surface area contributed by atoms with E-state index in [1.54, 1.807) is 7.11 Å². The van der Waals surface area contributed by atoms with E-state index in [1.807, 2.05) is 0 Å². The van der Waals surface area contributed by atoms with Gasteiger partial charge in [0.2, 0.25) is 0 Å². The molecular formula is C21H26N2O3. The summed E-state index contributed by atoms with van der Waals surface area (Å²) >= 11 is 0. The van der Waals surface area contributed by atoms with E-state index in [0.29, 0.717) is 12.1 Å². The lowest BCUT2D eigenvalue weighted by molar-refractivity contribution is -0.153. The molecule has 0 amide bonds. The van der Waals surface area contributed by atoms with Gasteiger partial charge in [0.25, 0.3) is 0 Å². The summed E-state index contributed by atoms with van der Waals surface area (Å²) in [4.78, 5) is 16.8. The normalized spacial score (nSPS) is 37.1. The van der Waals surface area contributed by atoms with E-state index in [4.69, 9.17) is 9.47 Å². The van der Waals surface area contributed by atoms with E-state index in [1.165, 1.54) is 18.2 Å². The Morgan fingerprint density at radius 2 is 2.19 bits per heavy atom. The lowest BCUT2D eigenvalue weighted by atomic mass is 9.59. The van der Waals surface area contributed by atoms with Crippen molar-refractivity contribution in [1.29, 1.82) is 0 Å². The second-order valence-corrected chi connectivity index (χ2v) is 8.13. The van der Waals surface area contributed by atoms with Gasteiger partial charge in [0, 0.05) is 62.1 Å². The molecule has 1 saturated heterocycles. The van der Waals surface area contributed by atoms with E-state index >= 15 is 0 Å². The van der Waals surface area contributed by atoms with Gasteiger partial charge in [-0.1, -0.05) is 18.2 Å². The first-order chi connectivity index (χ1) is 12.6. The number of hydrogen-bond donors (Lipinski definition) is 0. The van der Waals surface area contributed by atoms with Crippen LogP contribution in [0.3, 0.4) is 0 Å². The Labute approximate surface area is 154 Å². The number of carbonyl (C=O) groups excluding carboxylic acids is 1. The molecular weight excluding hydrogens is 328 g/mol. The highest BCUT2D eigenvalue weighted by atomic mass is 16.5. The molecule has 3 aliphatic heterocycles. The van der Waals surface area contributed by atoms with E-state index in [-0.39, 0.29) is 23.4 Å². The predicted molar refractivity (Wildman–Crippen MR) is 99.6 cm³/mol. The first kappa shape index (κ1) is 16.2. The van der Waals surface area contributed by atoms with E-state index < -0.39 is 0 Å². The van der Waals surface area contributed by atoms with E-state index in [2.05, 4.69) is 47.2 Å². The molecule has 1 aromatic carbocycles. The zero-order valence-electron chi connectivity index (χ0n) is 15.6. The number of nitrogens with zero attached hydrogens (tertiary/aromatic N) is 2. The number of ether oxygens (including phenoxy) is 2. The fourth-order valence-electron chi connectivity index (χ4n) is 6.28. The monoisotopic (exact) mass is 354 g/mol. The van der Waals surface area contributed by atoms with Gasteiger partial charge in [0.15, 0.2) is 0 Å². The molecule has 26 heavy (non-hydrogen) atoms. The number of esters is 1. The van der Waals surface area contributed by atoms with Crippen molar-refractivity contribution in [3.63, 3.8) is 0 Å². The predicted octanol–water partition coefficient (Wildman–Crippen LogP) is 2.35. The molecule has 1 aromatic rings. The minimum Gasteiger partial charge on any atom is -0.497 e. The first-order valence-corrected chi connectivity index (χ1v) is 9.55. The summed E-state index contributed by atoms with van der Waals surface area (Å²) in [6.07, 6.45) is 6.56. The molecule has 4 unspecified atom stereocenters. The van der Waals surface area contributed by atoms with Crippen LogP contribution in [0.15, 0.2) is 30.4 Å². The third-order valence-electron chi connectivity index (χ3n) is 7.15. The van der Waals surface area contributed by atoms with Crippen molar-refractivity contribution in [3.05, 3.63) is 35.9 Å². The lowest BCUT2D eigenvalue weighted by Crippen LogP contribution is -2.63. The van der Waals surface area contributed by atoms with Crippen LogP contribution >= 0.6 is 0 Å². The molecule has 5 rings (SSSR count). The summed E-state index contributed by atoms with van der Waals surface area (Å²) < 4.78 is 11.3. The van der Waals surface area contributed by atoms with Gasteiger partial charge in [-0.2, -0.15) is 0 Å². The molecule has 0 aromatic heterocycles. The van der Waals surface area contributed by atoms with Gasteiger partial charge in [-0.25, -0.2) is 0 Å². The maximum absolute atomic E-state index is 11.7. The summed E-state index contributed by atoms with van der Waals surface area (Å²) in [6, 6.07) is 7.28. The zero-order valence-corrected chi connectivity index (χ0v) is 15.6. The molecule has 2 fully saturated rings. The van der Waals surface area contributed by atoms with Crippen LogP contribution in [-0.2, 0) is 14.9 Å². The van der Waals surface area contributed by atoms with Crippen molar-refractivity contribution in [1.82, 2.24) is 4.90 Å². The van der Waals surface area contributed by atoms with Crippen LogP contribution in [0.5, 0.6) is 5.75 Å². The van der Waals surface area contributed by atoms with Crippen molar-refractivity contribution in [2.45, 2.75) is 43.4 Å². The van der Waals surface area contributed by atoms with Crippen molar-refractivity contribution < 1.29 is 14.3 Å². The molecule has 5 atom stereocenters. The Bertz CT molecular complexity index is 791. The standard InChI is InChI=1S/C21H26N2O3/c1-13(24)26-18-12-19-21(8-10-23-9-4-5-15(18)20(21)23)16-7-6-14(25-3)11-17(16)22(19)2/h4-7,11,15,18-20H,8-10,12H2,1-3H3/t15?,18?,19?,20?,21-/m0/s1. The Kier molecular flexibility index (Phi) is 3.42. The molecule has 4 aliphatic rings. The van der Waals surface area contributed by atoms with Crippen LogP contribution < -0.4 is 9.64 Å². The lowest BCUT2D eigenvalue weighted by Gasteiger charge is -2.52. The van der Waals surface area contributed by atoms with Crippen molar-refractivity contribution in [2.24, 2.45) is 5.92 Å². The third kappa shape index (κ3) is 1.92. The smallest absolute Gasteiger partial charge is 0.302 e. The van der Waals surface area contributed by atoms with Crippen LogP contribution in [0.4, 0.5) is 5.69 Å². The fraction of sp³-hybridized carbons (Fsp3) is 0.571. The highest BCUT2D eigenvalue weighted by Gasteiger charge is 2.65. The minimum atomic E-state index is -0.175. The Morgan fingerprint density at radius 3 is 2.96 bits per heavy atom. The van der Waals surface area contributed by atoms with Crippen LogP contribution in [0.1, 0.15) is 25.3 Å². The van der Waals surface area contributed by atoms with Crippen molar-refractivity contribution in [3.8, 4) is 5.75 Å². The number of hydrogen-bond acceptors (Lipinski definition) is 5. The van der Waals surface area contributed by atoms with Gasteiger partial charge in [-0.15, -0.1) is 0 Å². The summed E-state index contributed by atoms with van der Waals surface area (Å²) in [5.41, 5.74) is 2.83. The minimum absolute atomic E-state index is 0.0496. The van der Waals surface area contributed by atoms with Gasteiger partial charge >= 0.3 is 5.97 Å². The average Bonchev–Trinajstić information content (AvgIpc) is 3.14. The number of anilines is 1. The second-order valence-electron chi connectivity index (χ2n) is 8.13. The maximum atomic E-state index is 11.7. The number of carbonyl (C=O) groups is 1. The van der Waals surface area contributed by atoms with Gasteiger partial charge in [-0.05, 0) is 24.6 Å². The molecule has 1 saturated carbocycles. The number of methoxy groups -OCH3 is 1. The average molecular weight is 354 g/mol. The maximum Gasteiger partial charge on any atom is 0.302 e. The quantitative estimate of drug-likeness (QED) is 0.602. The summed E-state index contributed by atoms with van der Waals surface area (Å²) in [5.74, 6) is 0.996. The van der Waals surface area contributed by atoms with Gasteiger partial charge in [-0.3, -0.25) is 9.69 Å². The number of rotatable bonds is 2. The Hall–Kier alpha value is -2.01. The Morgan fingerprint density at radius 1 is 1.35 bits per heavy atom. The van der Waals surface area contributed by atoms with Crippen LogP contribution in [0, 0.1) is 5.92 Å². The summed E-state index contributed by atoms with van der Waals surface area (Å²) in [6.45, 7) is 3.63. The van der Waals surface area contributed by atoms with Crippen LogP contribution in [0.25, 0.3) is 0 Å².